The number of phenolic OH excluding ortho intramolecular Hbond substituents is 1. The Morgan fingerprint density at radius 3 is 2.33 bits per heavy atom. The molecule has 5 nitrogen and oxygen atoms in total. The number of carboxylic acids is 1. The first-order chi connectivity index (χ1) is 7.00. The molecule has 0 unspecified atom stereocenters. The molecule has 1 atom stereocenters. The van der Waals surface area contributed by atoms with Crippen LogP contribution in [0.25, 0.3) is 0 Å². The van der Waals surface area contributed by atoms with Crippen LogP contribution in [0.15, 0.2) is 24.3 Å². The van der Waals surface area contributed by atoms with Crippen molar-refractivity contribution in [3.8, 4) is 5.75 Å². The van der Waals surface area contributed by atoms with Crippen molar-refractivity contribution in [2.45, 2.75) is 12.5 Å². The van der Waals surface area contributed by atoms with Gasteiger partial charge in [0.1, 0.15) is 11.8 Å². The fraction of sp³-hybridized carbons (Fsp3) is 0.222. The molecule has 0 radical (unpaired) electrons. The second kappa shape index (κ2) is 5.11. The zero-order valence-electron chi connectivity index (χ0n) is 7.67. The summed E-state index contributed by atoms with van der Waals surface area (Å²) in [5.74, 6) is -1.02. The minimum absolute atomic E-state index is 0.116. The molecule has 3 N–H and O–H groups in total. The summed E-state index contributed by atoms with van der Waals surface area (Å²) in [6, 6.07) is 5.06. The highest BCUT2D eigenvalue weighted by molar-refractivity contribution is 9.07. The number of aromatic hydroxyl groups is 1. The first-order valence-corrected chi connectivity index (χ1v) is 4.86. The molecule has 0 amide bonds. The van der Waals surface area contributed by atoms with Crippen molar-refractivity contribution in [2.24, 2.45) is 0 Å². The normalized spacial score (nSPS) is 12.7. The number of hydroxylamine groups is 1. The number of carbonyl (C=O) groups is 1. The van der Waals surface area contributed by atoms with E-state index in [4.69, 9.17) is 15.4 Å². The second-order valence-electron chi connectivity index (χ2n) is 3.01. The summed E-state index contributed by atoms with van der Waals surface area (Å²) >= 11 is 2.67. The van der Waals surface area contributed by atoms with Gasteiger partial charge in [-0.1, -0.05) is 12.1 Å². The van der Waals surface area contributed by atoms with Gasteiger partial charge < -0.3 is 15.4 Å². The Morgan fingerprint density at radius 2 is 1.93 bits per heavy atom. The Kier molecular flexibility index (Phi) is 4.07. The van der Waals surface area contributed by atoms with Crippen LogP contribution in [-0.2, 0) is 11.2 Å². The zero-order chi connectivity index (χ0) is 11.4. The third kappa shape index (κ3) is 3.50. The lowest BCUT2D eigenvalue weighted by atomic mass is 10.1. The summed E-state index contributed by atoms with van der Waals surface area (Å²) in [6.07, 6.45) is 0.136. The van der Waals surface area contributed by atoms with E-state index in [-0.39, 0.29) is 12.2 Å². The van der Waals surface area contributed by atoms with Gasteiger partial charge in [-0.15, -0.1) is 4.09 Å². The molecule has 0 aromatic heterocycles. The molecule has 0 aliphatic heterocycles. The van der Waals surface area contributed by atoms with E-state index in [2.05, 4.69) is 16.1 Å². The van der Waals surface area contributed by atoms with E-state index in [1.165, 1.54) is 12.1 Å². The molecule has 0 aliphatic rings. The minimum atomic E-state index is -1.14. The smallest absolute Gasteiger partial charge is 0.324 e. The average molecular weight is 276 g/mol. The van der Waals surface area contributed by atoms with Crippen LogP contribution in [0.5, 0.6) is 5.75 Å². The van der Waals surface area contributed by atoms with Gasteiger partial charge in [0, 0.05) is 22.6 Å². The first-order valence-electron chi connectivity index (χ1n) is 4.15. The maximum Gasteiger partial charge on any atom is 0.324 e. The van der Waals surface area contributed by atoms with Crippen LogP contribution in [0.1, 0.15) is 5.56 Å². The summed E-state index contributed by atoms with van der Waals surface area (Å²) in [7, 11) is 0. The molecule has 0 saturated heterocycles. The molecule has 1 aromatic carbocycles. The van der Waals surface area contributed by atoms with Crippen LogP contribution in [0.4, 0.5) is 0 Å². The molecular formula is C9H10BrNO4. The number of halogens is 1. The molecule has 0 aliphatic carbocycles. The zero-order valence-corrected chi connectivity index (χ0v) is 9.25. The van der Waals surface area contributed by atoms with E-state index in [1.807, 2.05) is 0 Å². The highest BCUT2D eigenvalue weighted by Crippen LogP contribution is 2.14. The van der Waals surface area contributed by atoms with Gasteiger partial charge in [-0.25, -0.2) is 0 Å². The predicted molar refractivity (Wildman–Crippen MR) is 55.8 cm³/mol. The Hall–Kier alpha value is -1.11. The number of phenols is 1. The number of hydrogen-bond acceptors (Lipinski definition) is 4. The van der Waals surface area contributed by atoms with Crippen LogP contribution in [0.2, 0.25) is 0 Å². The molecule has 6 heteroatoms. The van der Waals surface area contributed by atoms with Crippen LogP contribution in [-0.4, -0.2) is 31.5 Å². The lowest BCUT2D eigenvalue weighted by Crippen LogP contribution is -2.34. The molecular weight excluding hydrogens is 266 g/mol. The van der Waals surface area contributed by atoms with E-state index in [0.29, 0.717) is 9.65 Å². The van der Waals surface area contributed by atoms with Gasteiger partial charge in [0.05, 0.1) is 0 Å². The number of nitrogens with zero attached hydrogens (tertiary/aromatic N) is 1. The molecule has 0 heterocycles. The Balaban J connectivity index is 2.74. The maximum absolute atomic E-state index is 10.7. The monoisotopic (exact) mass is 275 g/mol. The van der Waals surface area contributed by atoms with Crippen LogP contribution < -0.4 is 0 Å². The molecule has 0 bridgehead atoms. The molecule has 82 valence electrons. The van der Waals surface area contributed by atoms with Gasteiger partial charge in [-0.3, -0.25) is 4.79 Å². The van der Waals surface area contributed by atoms with Crippen molar-refractivity contribution in [3.63, 3.8) is 0 Å². The molecule has 15 heavy (non-hydrogen) atoms. The van der Waals surface area contributed by atoms with Crippen molar-refractivity contribution in [1.29, 1.82) is 0 Å². The van der Waals surface area contributed by atoms with Gasteiger partial charge in [0.2, 0.25) is 0 Å². The van der Waals surface area contributed by atoms with Crippen LogP contribution in [0.3, 0.4) is 0 Å². The third-order valence-electron chi connectivity index (χ3n) is 1.91. The van der Waals surface area contributed by atoms with Gasteiger partial charge in [0.15, 0.2) is 0 Å². The Bertz CT molecular complexity index is 338. The van der Waals surface area contributed by atoms with E-state index in [9.17, 15) is 4.79 Å². The molecule has 1 rings (SSSR count). The standard InChI is InChI=1S/C9H10BrNO4/c10-11(15)8(9(13)14)5-6-1-3-7(12)4-2-6/h1-4,8,12,15H,5H2,(H,13,14)/t8-/m0/s1. The number of aliphatic carboxylic acids is 1. The van der Waals surface area contributed by atoms with E-state index < -0.39 is 12.0 Å². The van der Waals surface area contributed by atoms with Crippen LogP contribution >= 0.6 is 16.1 Å². The highest BCUT2D eigenvalue weighted by Gasteiger charge is 2.23. The lowest BCUT2D eigenvalue weighted by molar-refractivity contribution is -0.149. The third-order valence-corrected chi connectivity index (χ3v) is 2.40. The minimum Gasteiger partial charge on any atom is -0.508 e. The predicted octanol–water partition coefficient (Wildman–Crippen LogP) is 1.39. The number of carboxylic acid groups (broad SMARTS) is 1. The molecule has 0 fully saturated rings. The average Bonchev–Trinajstić information content (AvgIpc) is 2.15. The fourth-order valence-corrected chi connectivity index (χ4v) is 1.43. The topological polar surface area (TPSA) is 81.0 Å². The Morgan fingerprint density at radius 1 is 1.40 bits per heavy atom. The fourth-order valence-electron chi connectivity index (χ4n) is 1.11. The molecule has 0 spiro atoms. The van der Waals surface area contributed by atoms with E-state index in [0.717, 1.165) is 0 Å². The van der Waals surface area contributed by atoms with E-state index in [1.54, 1.807) is 12.1 Å². The van der Waals surface area contributed by atoms with Crippen molar-refractivity contribution >= 4 is 22.1 Å². The van der Waals surface area contributed by atoms with Crippen molar-refractivity contribution in [2.75, 3.05) is 0 Å². The molecule has 1 aromatic rings. The number of benzene rings is 1. The SMILES string of the molecule is O=C(O)[C@H](Cc1ccc(O)cc1)N(O)Br. The first kappa shape index (κ1) is 12.0. The van der Waals surface area contributed by atoms with E-state index >= 15 is 0 Å². The lowest BCUT2D eigenvalue weighted by Gasteiger charge is -2.15. The summed E-state index contributed by atoms with van der Waals surface area (Å²) in [4.78, 5) is 10.7. The van der Waals surface area contributed by atoms with Gasteiger partial charge in [0.25, 0.3) is 0 Å². The van der Waals surface area contributed by atoms with Crippen molar-refractivity contribution in [1.82, 2.24) is 4.09 Å². The van der Waals surface area contributed by atoms with Crippen molar-refractivity contribution < 1.29 is 20.2 Å². The van der Waals surface area contributed by atoms with Crippen molar-refractivity contribution in [3.05, 3.63) is 29.8 Å². The number of rotatable bonds is 4. The maximum atomic E-state index is 10.7. The van der Waals surface area contributed by atoms with Crippen LogP contribution in [0, 0.1) is 0 Å². The quantitative estimate of drug-likeness (QED) is 0.572. The summed E-state index contributed by atoms with van der Waals surface area (Å²) in [6.45, 7) is 0. The van der Waals surface area contributed by atoms with Gasteiger partial charge in [-0.2, -0.15) is 0 Å². The van der Waals surface area contributed by atoms with Gasteiger partial charge in [-0.05, 0) is 17.7 Å². The summed E-state index contributed by atoms with van der Waals surface area (Å²) < 4.78 is 0.474. The second-order valence-corrected chi connectivity index (χ2v) is 3.74. The summed E-state index contributed by atoms with van der Waals surface area (Å²) in [5, 5.41) is 26.8. The largest absolute Gasteiger partial charge is 0.508 e. The van der Waals surface area contributed by atoms with Gasteiger partial charge >= 0.3 is 5.97 Å². The number of hydrogen-bond donors (Lipinski definition) is 3. The highest BCUT2D eigenvalue weighted by atomic mass is 79.9. The molecule has 0 saturated carbocycles. The summed E-state index contributed by atoms with van der Waals surface area (Å²) in [5.41, 5.74) is 0.707. The Labute approximate surface area is 94.9 Å².